The second-order valence-electron chi connectivity index (χ2n) is 5.07. The summed E-state index contributed by atoms with van der Waals surface area (Å²) in [6, 6.07) is 12.0. The molecule has 0 radical (unpaired) electrons. The number of hydrogen-bond acceptors (Lipinski definition) is 4. The highest BCUT2D eigenvalue weighted by Crippen LogP contribution is 2.33. The number of benzene rings is 2. The quantitative estimate of drug-likeness (QED) is 0.707. The fourth-order valence-electron chi connectivity index (χ4n) is 2.29. The van der Waals surface area contributed by atoms with Gasteiger partial charge in [-0.2, -0.15) is 0 Å². The molecule has 0 atom stereocenters. The van der Waals surface area contributed by atoms with E-state index in [0.717, 1.165) is 41.2 Å². The lowest BCUT2D eigenvalue weighted by atomic mass is 10.1. The van der Waals surface area contributed by atoms with Crippen molar-refractivity contribution in [2.45, 2.75) is 13.0 Å². The molecule has 0 aromatic heterocycles. The van der Waals surface area contributed by atoms with Gasteiger partial charge in [-0.1, -0.05) is 28.1 Å². The second kappa shape index (κ2) is 8.79. The Labute approximate surface area is 145 Å². The Bertz CT molecular complexity index is 629. The van der Waals surface area contributed by atoms with E-state index < -0.39 is 0 Å². The topological polar surface area (TPSA) is 39.7 Å². The van der Waals surface area contributed by atoms with Crippen LogP contribution in [0, 0.1) is 0 Å². The van der Waals surface area contributed by atoms with Crippen molar-refractivity contribution in [2.75, 3.05) is 27.9 Å². The summed E-state index contributed by atoms with van der Waals surface area (Å²) in [6.07, 6.45) is 0.900. The molecular formula is C18H22BrNO3. The Morgan fingerprint density at radius 2 is 1.57 bits per heavy atom. The Balaban J connectivity index is 1.88. The molecule has 2 aromatic carbocycles. The summed E-state index contributed by atoms with van der Waals surface area (Å²) in [5.41, 5.74) is 2.42. The number of hydrogen-bond donors (Lipinski definition) is 1. The maximum atomic E-state index is 5.35. The molecule has 0 amide bonds. The molecule has 5 heteroatoms. The van der Waals surface area contributed by atoms with Crippen molar-refractivity contribution in [3.8, 4) is 17.2 Å². The third-order valence-electron chi connectivity index (χ3n) is 3.61. The molecule has 124 valence electrons. The third kappa shape index (κ3) is 4.88. The molecule has 0 spiro atoms. The van der Waals surface area contributed by atoms with Crippen molar-refractivity contribution in [1.29, 1.82) is 0 Å². The lowest BCUT2D eigenvalue weighted by molar-refractivity contribution is 0.354. The lowest BCUT2D eigenvalue weighted by Gasteiger charge is -2.12. The summed E-state index contributed by atoms with van der Waals surface area (Å²) in [7, 11) is 4.96. The van der Waals surface area contributed by atoms with Gasteiger partial charge in [0.05, 0.1) is 21.3 Å². The van der Waals surface area contributed by atoms with Crippen molar-refractivity contribution in [3.63, 3.8) is 0 Å². The standard InChI is InChI=1S/C18H22BrNO3/c1-21-15-6-4-13(5-7-15)12-20-9-8-14-10-17(22-2)18(23-3)11-16(14)19/h4-7,10-11,20H,8-9,12H2,1-3H3. The van der Waals surface area contributed by atoms with E-state index in [2.05, 4.69) is 33.4 Å². The van der Waals surface area contributed by atoms with Gasteiger partial charge in [-0.05, 0) is 48.4 Å². The summed E-state index contributed by atoms with van der Waals surface area (Å²) in [5, 5.41) is 3.45. The normalized spacial score (nSPS) is 10.4. The molecule has 1 N–H and O–H groups in total. The Kier molecular flexibility index (Phi) is 6.74. The van der Waals surface area contributed by atoms with Crippen LogP contribution in [0.2, 0.25) is 0 Å². The van der Waals surface area contributed by atoms with Gasteiger partial charge < -0.3 is 19.5 Å². The molecule has 2 aromatic rings. The van der Waals surface area contributed by atoms with Crippen molar-refractivity contribution in [1.82, 2.24) is 5.32 Å². The van der Waals surface area contributed by atoms with E-state index >= 15 is 0 Å². The lowest BCUT2D eigenvalue weighted by Crippen LogP contribution is -2.16. The summed E-state index contributed by atoms with van der Waals surface area (Å²) in [5.74, 6) is 2.36. The van der Waals surface area contributed by atoms with Crippen LogP contribution in [-0.4, -0.2) is 27.9 Å². The van der Waals surface area contributed by atoms with Gasteiger partial charge in [-0.25, -0.2) is 0 Å². The predicted octanol–water partition coefficient (Wildman–Crippen LogP) is 3.81. The number of methoxy groups -OCH3 is 3. The molecule has 4 nitrogen and oxygen atoms in total. The zero-order valence-corrected chi connectivity index (χ0v) is 15.3. The van der Waals surface area contributed by atoms with Gasteiger partial charge in [0.25, 0.3) is 0 Å². The number of rotatable bonds is 8. The largest absolute Gasteiger partial charge is 0.497 e. The van der Waals surface area contributed by atoms with Crippen molar-refractivity contribution in [2.24, 2.45) is 0 Å². The van der Waals surface area contributed by atoms with Gasteiger partial charge in [0.1, 0.15) is 5.75 Å². The second-order valence-corrected chi connectivity index (χ2v) is 5.93. The van der Waals surface area contributed by atoms with Crippen LogP contribution < -0.4 is 19.5 Å². The first-order chi connectivity index (χ1) is 11.2. The summed E-state index contributed by atoms with van der Waals surface area (Å²) in [4.78, 5) is 0. The summed E-state index contributed by atoms with van der Waals surface area (Å²) >= 11 is 3.59. The highest BCUT2D eigenvalue weighted by atomic mass is 79.9. The van der Waals surface area contributed by atoms with E-state index in [1.54, 1.807) is 21.3 Å². The molecule has 0 saturated heterocycles. The minimum Gasteiger partial charge on any atom is -0.497 e. The van der Waals surface area contributed by atoms with E-state index in [-0.39, 0.29) is 0 Å². The highest BCUT2D eigenvalue weighted by Gasteiger charge is 2.09. The smallest absolute Gasteiger partial charge is 0.161 e. The predicted molar refractivity (Wildman–Crippen MR) is 95.7 cm³/mol. The Hall–Kier alpha value is -1.72. The van der Waals surface area contributed by atoms with Crippen LogP contribution in [0.5, 0.6) is 17.2 Å². The van der Waals surface area contributed by atoms with Crippen LogP contribution in [0.4, 0.5) is 0 Å². The first-order valence-electron chi connectivity index (χ1n) is 7.42. The Morgan fingerprint density at radius 3 is 2.17 bits per heavy atom. The van der Waals surface area contributed by atoms with Crippen molar-refractivity contribution < 1.29 is 14.2 Å². The first-order valence-corrected chi connectivity index (χ1v) is 8.21. The van der Waals surface area contributed by atoms with E-state index in [9.17, 15) is 0 Å². The minimum absolute atomic E-state index is 0.731. The van der Waals surface area contributed by atoms with Crippen molar-refractivity contribution in [3.05, 3.63) is 52.0 Å². The SMILES string of the molecule is COc1ccc(CNCCc2cc(OC)c(OC)cc2Br)cc1. The molecule has 0 saturated carbocycles. The summed E-state index contributed by atoms with van der Waals surface area (Å²) < 4.78 is 16.8. The molecule has 0 aliphatic heterocycles. The first kappa shape index (κ1) is 17.6. The van der Waals surface area contributed by atoms with Crippen LogP contribution >= 0.6 is 15.9 Å². The molecule has 0 bridgehead atoms. The van der Waals surface area contributed by atoms with Gasteiger partial charge in [-0.3, -0.25) is 0 Å². The van der Waals surface area contributed by atoms with Gasteiger partial charge >= 0.3 is 0 Å². The van der Waals surface area contributed by atoms with Gasteiger partial charge in [0.15, 0.2) is 11.5 Å². The van der Waals surface area contributed by atoms with E-state index in [4.69, 9.17) is 14.2 Å². The van der Waals surface area contributed by atoms with Crippen LogP contribution in [0.3, 0.4) is 0 Å². The molecule has 0 aliphatic carbocycles. The molecule has 0 heterocycles. The third-order valence-corrected chi connectivity index (χ3v) is 4.35. The van der Waals surface area contributed by atoms with E-state index in [0.29, 0.717) is 0 Å². The van der Waals surface area contributed by atoms with E-state index in [1.165, 1.54) is 11.1 Å². The summed E-state index contributed by atoms with van der Waals surface area (Å²) in [6.45, 7) is 1.70. The molecule has 0 fully saturated rings. The number of nitrogens with one attached hydrogen (secondary N) is 1. The number of ether oxygens (including phenoxy) is 3. The fraction of sp³-hybridized carbons (Fsp3) is 0.333. The van der Waals surface area contributed by atoms with Crippen LogP contribution in [-0.2, 0) is 13.0 Å². The van der Waals surface area contributed by atoms with Gasteiger partial charge in [0, 0.05) is 11.0 Å². The maximum Gasteiger partial charge on any atom is 0.161 e. The maximum absolute atomic E-state index is 5.35. The van der Waals surface area contributed by atoms with Crippen LogP contribution in [0.25, 0.3) is 0 Å². The highest BCUT2D eigenvalue weighted by molar-refractivity contribution is 9.10. The number of halogens is 1. The average Bonchev–Trinajstić information content (AvgIpc) is 2.59. The average molecular weight is 380 g/mol. The van der Waals surface area contributed by atoms with E-state index in [1.807, 2.05) is 24.3 Å². The molecule has 0 unspecified atom stereocenters. The fourth-order valence-corrected chi connectivity index (χ4v) is 2.81. The van der Waals surface area contributed by atoms with Crippen LogP contribution in [0.1, 0.15) is 11.1 Å². The van der Waals surface area contributed by atoms with Crippen molar-refractivity contribution >= 4 is 15.9 Å². The minimum atomic E-state index is 0.731. The molecule has 23 heavy (non-hydrogen) atoms. The van der Waals surface area contributed by atoms with Crippen LogP contribution in [0.15, 0.2) is 40.9 Å². The molecule has 2 rings (SSSR count). The van der Waals surface area contributed by atoms with Gasteiger partial charge in [0.2, 0.25) is 0 Å². The monoisotopic (exact) mass is 379 g/mol. The Morgan fingerprint density at radius 1 is 0.913 bits per heavy atom. The molecular weight excluding hydrogens is 358 g/mol. The zero-order valence-electron chi connectivity index (χ0n) is 13.7. The zero-order chi connectivity index (χ0) is 16.7. The van der Waals surface area contributed by atoms with Gasteiger partial charge in [-0.15, -0.1) is 0 Å². The molecule has 0 aliphatic rings.